The average molecular weight is 255 g/mol. The van der Waals surface area contributed by atoms with E-state index in [4.69, 9.17) is 16.0 Å². The van der Waals surface area contributed by atoms with Crippen LogP contribution in [0.1, 0.15) is 28.6 Å². The van der Waals surface area contributed by atoms with E-state index in [0.717, 1.165) is 0 Å². The fraction of sp³-hybridized carbons (Fsp3) is 0.231. The summed E-state index contributed by atoms with van der Waals surface area (Å²) < 4.78 is 18.3. The van der Waals surface area contributed by atoms with E-state index in [1.54, 1.807) is 26.0 Å². The second-order valence-corrected chi connectivity index (χ2v) is 4.37. The lowest BCUT2D eigenvalue weighted by Crippen LogP contribution is -2.04. The van der Waals surface area contributed by atoms with Crippen LogP contribution in [0, 0.1) is 19.7 Å². The van der Waals surface area contributed by atoms with Crippen molar-refractivity contribution in [3.05, 3.63) is 57.8 Å². The van der Waals surface area contributed by atoms with Gasteiger partial charge in [0.15, 0.2) is 5.22 Å². The molecule has 1 aromatic carbocycles. The summed E-state index contributed by atoms with van der Waals surface area (Å²) in [5.41, 5.74) is 2.02. The Morgan fingerprint density at radius 1 is 1.24 bits per heavy atom. The highest BCUT2D eigenvalue weighted by Gasteiger charge is 2.19. The molecule has 0 amide bonds. The van der Waals surface area contributed by atoms with E-state index < -0.39 is 6.10 Å². The molecular formula is C13H12ClFO2. The number of hydrogen-bond acceptors (Lipinski definition) is 2. The summed E-state index contributed by atoms with van der Waals surface area (Å²) in [4.78, 5) is 0. The molecule has 90 valence electrons. The van der Waals surface area contributed by atoms with Crippen LogP contribution in [-0.2, 0) is 0 Å². The van der Waals surface area contributed by atoms with Crippen LogP contribution in [0.2, 0.25) is 5.22 Å². The monoisotopic (exact) mass is 254 g/mol. The lowest BCUT2D eigenvalue weighted by atomic mass is 9.96. The van der Waals surface area contributed by atoms with E-state index >= 15 is 0 Å². The molecule has 17 heavy (non-hydrogen) atoms. The van der Waals surface area contributed by atoms with Crippen molar-refractivity contribution in [2.24, 2.45) is 0 Å². The van der Waals surface area contributed by atoms with Crippen molar-refractivity contribution in [2.45, 2.75) is 20.0 Å². The van der Waals surface area contributed by atoms with Gasteiger partial charge in [-0.15, -0.1) is 0 Å². The molecule has 0 saturated heterocycles. The molecule has 2 aromatic rings. The van der Waals surface area contributed by atoms with Gasteiger partial charge in [-0.25, -0.2) is 4.39 Å². The van der Waals surface area contributed by atoms with Crippen molar-refractivity contribution in [2.75, 3.05) is 0 Å². The van der Waals surface area contributed by atoms with Crippen molar-refractivity contribution in [1.29, 1.82) is 0 Å². The Kier molecular flexibility index (Phi) is 3.22. The molecule has 0 aliphatic rings. The smallest absolute Gasteiger partial charge is 0.193 e. The van der Waals surface area contributed by atoms with Gasteiger partial charge in [0.2, 0.25) is 0 Å². The van der Waals surface area contributed by atoms with Crippen molar-refractivity contribution < 1.29 is 13.9 Å². The molecule has 1 unspecified atom stereocenters. The van der Waals surface area contributed by atoms with E-state index in [2.05, 4.69) is 0 Å². The Hall–Kier alpha value is -1.32. The van der Waals surface area contributed by atoms with E-state index in [0.29, 0.717) is 22.5 Å². The first-order chi connectivity index (χ1) is 7.99. The number of aliphatic hydroxyl groups excluding tert-OH is 1. The first-order valence-electron chi connectivity index (χ1n) is 5.19. The second-order valence-electron chi connectivity index (χ2n) is 4.00. The molecule has 0 aliphatic heterocycles. The largest absolute Gasteiger partial charge is 0.447 e. The zero-order valence-corrected chi connectivity index (χ0v) is 10.3. The second kappa shape index (κ2) is 4.51. The molecule has 4 heteroatoms. The minimum atomic E-state index is -0.928. The third kappa shape index (κ3) is 2.35. The zero-order chi connectivity index (χ0) is 12.6. The number of benzene rings is 1. The average Bonchev–Trinajstić information content (AvgIpc) is 2.63. The van der Waals surface area contributed by atoms with Gasteiger partial charge in [-0.3, -0.25) is 0 Å². The number of halogens is 2. The minimum Gasteiger partial charge on any atom is -0.447 e. The lowest BCUT2D eigenvalue weighted by molar-refractivity contribution is 0.188. The first kappa shape index (κ1) is 12.1. The Balaban J connectivity index is 2.47. The van der Waals surface area contributed by atoms with Gasteiger partial charge in [0, 0.05) is 0 Å². The van der Waals surface area contributed by atoms with E-state index in [9.17, 15) is 9.50 Å². The predicted octanol–water partition coefficient (Wildman–Crippen LogP) is 3.77. The van der Waals surface area contributed by atoms with Gasteiger partial charge in [0.1, 0.15) is 17.7 Å². The van der Waals surface area contributed by atoms with Crippen LogP contribution >= 0.6 is 11.6 Å². The third-order valence-corrected chi connectivity index (χ3v) is 2.90. The quantitative estimate of drug-likeness (QED) is 0.885. The van der Waals surface area contributed by atoms with E-state index in [1.807, 2.05) is 0 Å². The van der Waals surface area contributed by atoms with Crippen molar-refractivity contribution in [3.63, 3.8) is 0 Å². The normalized spacial score (nSPS) is 12.8. The molecule has 0 radical (unpaired) electrons. The van der Waals surface area contributed by atoms with Gasteiger partial charge in [-0.2, -0.15) is 0 Å². The van der Waals surface area contributed by atoms with Crippen LogP contribution in [0.15, 0.2) is 28.7 Å². The maximum Gasteiger partial charge on any atom is 0.193 e. The van der Waals surface area contributed by atoms with Gasteiger partial charge >= 0.3 is 0 Å². The topological polar surface area (TPSA) is 33.4 Å². The summed E-state index contributed by atoms with van der Waals surface area (Å²) in [5.74, 6) is 0.0428. The van der Waals surface area contributed by atoms with Crippen LogP contribution in [0.3, 0.4) is 0 Å². The summed E-state index contributed by atoms with van der Waals surface area (Å²) in [7, 11) is 0. The van der Waals surface area contributed by atoms with Crippen LogP contribution in [0.4, 0.5) is 4.39 Å². The molecule has 1 heterocycles. The summed E-state index contributed by atoms with van der Waals surface area (Å²) in [5, 5.41) is 10.4. The van der Waals surface area contributed by atoms with E-state index in [1.165, 1.54) is 12.1 Å². The zero-order valence-electron chi connectivity index (χ0n) is 9.50. The number of furan rings is 1. The molecule has 2 nitrogen and oxygen atoms in total. The Labute approximate surface area is 104 Å². The number of rotatable bonds is 2. The highest BCUT2D eigenvalue weighted by atomic mass is 35.5. The maximum absolute atomic E-state index is 13.2. The van der Waals surface area contributed by atoms with Gasteiger partial charge in [0.05, 0.1) is 0 Å². The van der Waals surface area contributed by atoms with Crippen LogP contribution < -0.4 is 0 Å². The predicted molar refractivity (Wildman–Crippen MR) is 63.7 cm³/mol. The molecule has 1 atom stereocenters. The lowest BCUT2D eigenvalue weighted by Gasteiger charge is -2.14. The van der Waals surface area contributed by atoms with Gasteiger partial charge in [-0.05, 0) is 66.4 Å². The van der Waals surface area contributed by atoms with Crippen LogP contribution in [0.25, 0.3) is 0 Å². The summed E-state index contributed by atoms with van der Waals surface area (Å²) in [6.07, 6.45) is -0.928. The maximum atomic E-state index is 13.2. The van der Waals surface area contributed by atoms with Gasteiger partial charge in [-0.1, -0.05) is 0 Å². The van der Waals surface area contributed by atoms with Gasteiger partial charge < -0.3 is 9.52 Å². The van der Waals surface area contributed by atoms with Crippen molar-refractivity contribution in [3.8, 4) is 0 Å². The molecule has 0 fully saturated rings. The van der Waals surface area contributed by atoms with Crippen molar-refractivity contribution in [1.82, 2.24) is 0 Å². The number of hydrogen-bond donors (Lipinski definition) is 1. The molecule has 0 saturated carbocycles. The highest BCUT2D eigenvalue weighted by Crippen LogP contribution is 2.30. The fourth-order valence-corrected chi connectivity index (χ4v) is 2.12. The number of aliphatic hydroxyl groups is 1. The Bertz CT molecular complexity index is 525. The molecule has 0 spiro atoms. The highest BCUT2D eigenvalue weighted by molar-refractivity contribution is 6.28. The number of aryl methyl sites for hydroxylation is 2. The van der Waals surface area contributed by atoms with Crippen molar-refractivity contribution >= 4 is 11.6 Å². The third-order valence-electron chi connectivity index (χ3n) is 2.70. The first-order valence-corrected chi connectivity index (χ1v) is 5.57. The molecule has 0 bridgehead atoms. The standard InChI is InChI=1S/C13H12ClFO2/c1-7-5-9(15)6-8(2)12(7)13(16)10-3-4-11(14)17-10/h3-6,13,16H,1-2H3. The molecule has 1 N–H and O–H groups in total. The Morgan fingerprint density at radius 2 is 1.82 bits per heavy atom. The molecule has 1 aromatic heterocycles. The molecule has 0 aliphatic carbocycles. The van der Waals surface area contributed by atoms with Crippen LogP contribution in [-0.4, -0.2) is 5.11 Å². The van der Waals surface area contributed by atoms with Gasteiger partial charge in [0.25, 0.3) is 0 Å². The Morgan fingerprint density at radius 3 is 2.29 bits per heavy atom. The SMILES string of the molecule is Cc1cc(F)cc(C)c1C(O)c1ccc(Cl)o1. The fourth-order valence-electron chi connectivity index (χ4n) is 1.97. The minimum absolute atomic E-state index is 0.219. The summed E-state index contributed by atoms with van der Waals surface area (Å²) in [6, 6.07) is 5.94. The molecule has 2 rings (SSSR count). The van der Waals surface area contributed by atoms with Crippen LogP contribution in [0.5, 0.6) is 0 Å². The summed E-state index contributed by atoms with van der Waals surface area (Å²) in [6.45, 7) is 3.50. The molecular weight excluding hydrogens is 243 g/mol. The summed E-state index contributed by atoms with van der Waals surface area (Å²) >= 11 is 5.66. The van der Waals surface area contributed by atoms with E-state index in [-0.39, 0.29) is 11.0 Å².